The molecule has 2 aromatic carbocycles. The molecule has 0 aliphatic rings. The van der Waals surface area contributed by atoms with E-state index in [-0.39, 0.29) is 39.7 Å². The fourth-order valence-corrected chi connectivity index (χ4v) is 3.24. The van der Waals surface area contributed by atoms with Crippen molar-refractivity contribution in [1.82, 2.24) is 19.5 Å². The van der Waals surface area contributed by atoms with Crippen LogP contribution in [0.2, 0.25) is 0 Å². The van der Waals surface area contributed by atoms with Crippen LogP contribution in [0.15, 0.2) is 36.7 Å². The zero-order valence-electron chi connectivity index (χ0n) is 15.9. The van der Waals surface area contributed by atoms with Gasteiger partial charge in [-0.1, -0.05) is 0 Å². The molecule has 1 atom stereocenters. The highest BCUT2D eigenvalue weighted by atomic mass is 19.1. The Labute approximate surface area is 172 Å². The molecule has 4 aromatic rings. The molecule has 0 saturated heterocycles. The average molecular weight is 427 g/mol. The molecular weight excluding hydrogens is 414 g/mol. The molecule has 0 bridgehead atoms. The van der Waals surface area contributed by atoms with E-state index in [0.717, 1.165) is 24.5 Å². The molecule has 4 rings (SSSR count). The van der Waals surface area contributed by atoms with Crippen LogP contribution in [0, 0.1) is 34.6 Å². The Morgan fingerprint density at radius 3 is 2.39 bits per heavy atom. The summed E-state index contributed by atoms with van der Waals surface area (Å²) in [5, 5.41) is 12.2. The van der Waals surface area contributed by atoms with Gasteiger partial charge >= 0.3 is 0 Å². The van der Waals surface area contributed by atoms with Gasteiger partial charge in [-0.2, -0.15) is 5.26 Å². The van der Waals surface area contributed by atoms with Crippen LogP contribution in [0.1, 0.15) is 24.4 Å². The summed E-state index contributed by atoms with van der Waals surface area (Å²) < 4.78 is 57.4. The molecule has 2 aromatic heterocycles. The number of nitrogen functional groups attached to an aromatic ring is 1. The number of benzene rings is 2. The zero-order valence-corrected chi connectivity index (χ0v) is 15.9. The first kappa shape index (κ1) is 20.1. The third-order valence-electron chi connectivity index (χ3n) is 4.54. The van der Waals surface area contributed by atoms with Crippen LogP contribution in [-0.2, 0) is 0 Å². The lowest BCUT2D eigenvalue weighted by Gasteiger charge is -2.18. The average Bonchev–Trinajstić information content (AvgIpc) is 3.07. The van der Waals surface area contributed by atoms with Crippen molar-refractivity contribution < 1.29 is 17.6 Å². The number of fused-ring (bicyclic) bond motifs is 1. The van der Waals surface area contributed by atoms with Gasteiger partial charge in [0, 0.05) is 18.2 Å². The number of halogens is 4. The summed E-state index contributed by atoms with van der Waals surface area (Å²) in [4.78, 5) is 11.9. The second-order valence-electron chi connectivity index (χ2n) is 6.65. The van der Waals surface area contributed by atoms with Crippen molar-refractivity contribution >= 4 is 22.7 Å². The van der Waals surface area contributed by atoms with Gasteiger partial charge in [-0.3, -0.25) is 4.57 Å². The van der Waals surface area contributed by atoms with Crippen molar-refractivity contribution in [3.05, 3.63) is 71.3 Å². The number of nitrogens with one attached hydrogen (secondary N) is 1. The van der Waals surface area contributed by atoms with E-state index in [0.29, 0.717) is 12.1 Å². The van der Waals surface area contributed by atoms with Gasteiger partial charge in [0.2, 0.25) is 0 Å². The molecule has 7 nitrogen and oxygen atoms in total. The summed E-state index contributed by atoms with van der Waals surface area (Å²) in [6, 6.07) is 5.46. The van der Waals surface area contributed by atoms with Crippen LogP contribution in [0.4, 0.5) is 29.2 Å². The highest BCUT2D eigenvalue weighted by molar-refractivity contribution is 5.79. The number of nitriles is 1. The Kier molecular flexibility index (Phi) is 4.90. The maximum atomic E-state index is 14.4. The van der Waals surface area contributed by atoms with Crippen LogP contribution in [0.5, 0.6) is 0 Å². The smallest absolute Gasteiger partial charge is 0.153 e. The molecule has 156 valence electrons. The van der Waals surface area contributed by atoms with Gasteiger partial charge < -0.3 is 11.1 Å². The monoisotopic (exact) mass is 427 g/mol. The van der Waals surface area contributed by atoms with Crippen LogP contribution in [0.25, 0.3) is 16.7 Å². The first-order valence-corrected chi connectivity index (χ1v) is 8.89. The lowest BCUT2D eigenvalue weighted by Crippen LogP contribution is -2.15. The topological polar surface area (TPSA) is 105 Å². The first-order valence-electron chi connectivity index (χ1n) is 8.89. The van der Waals surface area contributed by atoms with E-state index >= 15 is 0 Å². The Bertz CT molecular complexity index is 1340. The summed E-state index contributed by atoms with van der Waals surface area (Å²) in [7, 11) is 0. The van der Waals surface area contributed by atoms with E-state index in [4.69, 9.17) is 5.73 Å². The van der Waals surface area contributed by atoms with Gasteiger partial charge in [0.25, 0.3) is 0 Å². The largest absolute Gasteiger partial charge is 0.382 e. The predicted octanol–water partition coefficient (Wildman–Crippen LogP) is 4.00. The standard InChI is InChI=1S/C20H13F4N7/c1-9(29-19-14(7-25)18(26)27-8-28-19)20-30-17-15(24)5-12(23)6-16(17)31(20)13-3-10(21)2-11(22)4-13/h2-6,8-9H,1H3,(H3,26,27,28,29)/t9-/m0/s1. The molecule has 11 heteroatoms. The summed E-state index contributed by atoms with van der Waals surface area (Å²) in [6.07, 6.45) is 1.14. The fraction of sp³-hybridized carbons (Fsp3) is 0.100. The summed E-state index contributed by atoms with van der Waals surface area (Å²) in [5.41, 5.74) is 5.41. The van der Waals surface area contributed by atoms with Crippen molar-refractivity contribution in [3.63, 3.8) is 0 Å². The second-order valence-corrected chi connectivity index (χ2v) is 6.65. The number of aromatic nitrogens is 4. The molecule has 2 heterocycles. The minimum absolute atomic E-state index is 0.0222. The van der Waals surface area contributed by atoms with E-state index < -0.39 is 29.3 Å². The summed E-state index contributed by atoms with van der Waals surface area (Å²) in [5.74, 6) is -3.47. The van der Waals surface area contributed by atoms with Crippen LogP contribution in [0.3, 0.4) is 0 Å². The predicted molar refractivity (Wildman–Crippen MR) is 104 cm³/mol. The number of rotatable bonds is 4. The number of imidazole rings is 1. The summed E-state index contributed by atoms with van der Waals surface area (Å²) >= 11 is 0. The minimum atomic E-state index is -0.942. The van der Waals surface area contributed by atoms with Gasteiger partial charge in [-0.25, -0.2) is 32.5 Å². The van der Waals surface area contributed by atoms with Crippen molar-refractivity contribution in [2.24, 2.45) is 0 Å². The van der Waals surface area contributed by atoms with E-state index in [2.05, 4.69) is 20.3 Å². The van der Waals surface area contributed by atoms with Crippen LogP contribution in [-0.4, -0.2) is 19.5 Å². The summed E-state index contributed by atoms with van der Waals surface area (Å²) in [6.45, 7) is 1.60. The van der Waals surface area contributed by atoms with Gasteiger partial charge in [0.15, 0.2) is 5.82 Å². The quantitative estimate of drug-likeness (QED) is 0.477. The van der Waals surface area contributed by atoms with Crippen LogP contribution < -0.4 is 11.1 Å². The second kappa shape index (κ2) is 7.56. The zero-order chi connectivity index (χ0) is 22.3. The van der Waals surface area contributed by atoms with Gasteiger partial charge in [-0.05, 0) is 19.1 Å². The maximum Gasteiger partial charge on any atom is 0.153 e. The Morgan fingerprint density at radius 2 is 1.71 bits per heavy atom. The maximum absolute atomic E-state index is 14.4. The molecule has 3 N–H and O–H groups in total. The molecule has 0 aliphatic heterocycles. The van der Waals surface area contributed by atoms with Gasteiger partial charge in [-0.15, -0.1) is 0 Å². The van der Waals surface area contributed by atoms with E-state index in [1.807, 2.05) is 6.07 Å². The number of nitrogens with zero attached hydrogens (tertiary/aromatic N) is 5. The molecule has 0 radical (unpaired) electrons. The Morgan fingerprint density at radius 1 is 1.03 bits per heavy atom. The Hall–Kier alpha value is -4.20. The molecule has 31 heavy (non-hydrogen) atoms. The number of hydrogen-bond acceptors (Lipinski definition) is 6. The molecule has 0 fully saturated rings. The number of hydrogen-bond donors (Lipinski definition) is 2. The number of anilines is 2. The lowest BCUT2D eigenvalue weighted by atomic mass is 10.2. The van der Waals surface area contributed by atoms with Crippen molar-refractivity contribution in [2.75, 3.05) is 11.1 Å². The fourth-order valence-electron chi connectivity index (χ4n) is 3.24. The first-order chi connectivity index (χ1) is 14.8. The third-order valence-corrected chi connectivity index (χ3v) is 4.54. The molecule has 0 unspecified atom stereocenters. The van der Waals surface area contributed by atoms with Gasteiger partial charge in [0.1, 0.15) is 58.4 Å². The third kappa shape index (κ3) is 3.59. The van der Waals surface area contributed by atoms with Gasteiger partial charge in [0.05, 0.1) is 17.2 Å². The Balaban J connectivity index is 1.93. The molecular formula is C20H13F4N7. The lowest BCUT2D eigenvalue weighted by molar-refractivity contribution is 0.581. The minimum Gasteiger partial charge on any atom is -0.382 e. The highest BCUT2D eigenvalue weighted by Gasteiger charge is 2.23. The highest BCUT2D eigenvalue weighted by Crippen LogP contribution is 2.30. The van der Waals surface area contributed by atoms with Crippen LogP contribution >= 0.6 is 0 Å². The number of nitrogens with two attached hydrogens (primary N) is 1. The molecule has 0 saturated carbocycles. The molecule has 0 spiro atoms. The van der Waals surface area contributed by atoms with E-state index in [9.17, 15) is 22.8 Å². The van der Waals surface area contributed by atoms with E-state index in [1.54, 1.807) is 6.92 Å². The van der Waals surface area contributed by atoms with Crippen molar-refractivity contribution in [3.8, 4) is 11.8 Å². The van der Waals surface area contributed by atoms with E-state index in [1.165, 1.54) is 4.57 Å². The van der Waals surface area contributed by atoms with Crippen molar-refractivity contribution in [1.29, 1.82) is 5.26 Å². The SMILES string of the molecule is C[C@H](Nc1ncnc(N)c1C#N)c1nc2c(F)cc(F)cc2n1-c1cc(F)cc(F)c1. The molecule has 0 amide bonds. The normalized spacial score (nSPS) is 12.0. The van der Waals surface area contributed by atoms with Crippen molar-refractivity contribution in [2.45, 2.75) is 13.0 Å². The molecule has 0 aliphatic carbocycles.